The van der Waals surface area contributed by atoms with Crippen molar-refractivity contribution in [3.8, 4) is 0 Å². The number of benzene rings is 1. The minimum Gasteiger partial charge on any atom is -0.350 e. The first-order valence-corrected chi connectivity index (χ1v) is 6.45. The summed E-state index contributed by atoms with van der Waals surface area (Å²) in [6.45, 7) is 0. The van der Waals surface area contributed by atoms with Gasteiger partial charge in [0, 0.05) is 43.7 Å². The number of para-hydroxylation sites is 1. The summed E-state index contributed by atoms with van der Waals surface area (Å²) < 4.78 is 2.17. The smallest absolute Gasteiger partial charge is 0.222 e. The topological polar surface area (TPSA) is 25.2 Å². The van der Waals surface area contributed by atoms with Crippen LogP contribution in [0.25, 0.3) is 10.9 Å². The van der Waals surface area contributed by atoms with Gasteiger partial charge in [0.2, 0.25) is 5.91 Å². The van der Waals surface area contributed by atoms with Crippen LogP contribution in [0.15, 0.2) is 30.5 Å². The van der Waals surface area contributed by atoms with E-state index < -0.39 is 0 Å². The number of carbonyl (C=O) groups is 1. The van der Waals surface area contributed by atoms with Gasteiger partial charge in [-0.1, -0.05) is 18.2 Å². The number of fused-ring (bicyclic) bond motifs is 1. The molecule has 3 nitrogen and oxygen atoms in total. The van der Waals surface area contributed by atoms with Crippen LogP contribution in [0.4, 0.5) is 0 Å². The molecule has 1 amide bonds. The number of rotatable bonds is 2. The summed E-state index contributed by atoms with van der Waals surface area (Å²) >= 11 is 0. The first-order valence-electron chi connectivity index (χ1n) is 6.45. The minimum absolute atomic E-state index is 0.278. The van der Waals surface area contributed by atoms with E-state index >= 15 is 0 Å². The van der Waals surface area contributed by atoms with Crippen molar-refractivity contribution in [3.63, 3.8) is 0 Å². The summed E-state index contributed by atoms with van der Waals surface area (Å²) in [5, 5.41) is 1.31. The fourth-order valence-electron chi connectivity index (χ4n) is 2.94. The van der Waals surface area contributed by atoms with Crippen LogP contribution in [0.3, 0.4) is 0 Å². The van der Waals surface area contributed by atoms with Crippen molar-refractivity contribution in [2.45, 2.75) is 25.3 Å². The third kappa shape index (κ3) is 1.70. The fourth-order valence-corrected chi connectivity index (χ4v) is 2.94. The van der Waals surface area contributed by atoms with Crippen LogP contribution in [0.1, 0.15) is 18.4 Å². The molecule has 0 bridgehead atoms. The molecule has 1 saturated heterocycles. The van der Waals surface area contributed by atoms with Crippen LogP contribution >= 0.6 is 0 Å². The van der Waals surface area contributed by atoms with Crippen LogP contribution in [0.5, 0.6) is 0 Å². The maximum absolute atomic E-state index is 11.6. The van der Waals surface area contributed by atoms with Gasteiger partial charge in [-0.05, 0) is 24.5 Å². The monoisotopic (exact) mass is 242 g/mol. The Morgan fingerprint density at radius 1 is 1.28 bits per heavy atom. The van der Waals surface area contributed by atoms with Gasteiger partial charge in [-0.15, -0.1) is 0 Å². The first kappa shape index (κ1) is 11.3. The molecule has 1 aliphatic heterocycles. The normalized spacial score (nSPS) is 20.0. The Morgan fingerprint density at radius 3 is 2.78 bits per heavy atom. The van der Waals surface area contributed by atoms with E-state index in [0.29, 0.717) is 12.5 Å². The standard InChI is InChI=1S/C15H18N2O/c1-16-10-11(13-5-3-4-6-14(13)16)9-12-7-8-15(18)17(12)2/h3-6,10,12H,7-9H2,1-2H3. The Bertz CT molecular complexity index is 600. The van der Waals surface area contributed by atoms with Crippen LogP contribution in [0, 0.1) is 0 Å². The summed E-state index contributed by atoms with van der Waals surface area (Å²) in [6.07, 6.45) is 4.84. The molecule has 18 heavy (non-hydrogen) atoms. The Kier molecular flexibility index (Phi) is 2.62. The summed E-state index contributed by atoms with van der Waals surface area (Å²) in [6, 6.07) is 8.82. The van der Waals surface area contributed by atoms with Gasteiger partial charge < -0.3 is 9.47 Å². The van der Waals surface area contributed by atoms with Crippen molar-refractivity contribution in [1.82, 2.24) is 9.47 Å². The fraction of sp³-hybridized carbons (Fsp3) is 0.400. The lowest BCUT2D eigenvalue weighted by Crippen LogP contribution is -2.30. The highest BCUT2D eigenvalue weighted by Gasteiger charge is 2.28. The molecule has 0 radical (unpaired) electrons. The number of likely N-dealkylation sites (tertiary alicyclic amines) is 1. The molecule has 3 heteroatoms. The molecule has 1 aromatic heterocycles. The average molecular weight is 242 g/mol. The first-order chi connectivity index (χ1) is 8.66. The van der Waals surface area contributed by atoms with Gasteiger partial charge in [0.1, 0.15) is 0 Å². The molecule has 0 spiro atoms. The van der Waals surface area contributed by atoms with Crippen LogP contribution < -0.4 is 0 Å². The van der Waals surface area contributed by atoms with Crippen LogP contribution in [-0.2, 0) is 18.3 Å². The molecule has 1 fully saturated rings. The van der Waals surface area contributed by atoms with Gasteiger partial charge >= 0.3 is 0 Å². The molecule has 0 aliphatic carbocycles. The number of amides is 1. The van der Waals surface area contributed by atoms with Crippen molar-refractivity contribution in [2.75, 3.05) is 7.05 Å². The van der Waals surface area contributed by atoms with Crippen molar-refractivity contribution in [1.29, 1.82) is 0 Å². The van der Waals surface area contributed by atoms with Crippen molar-refractivity contribution >= 4 is 16.8 Å². The van der Waals surface area contributed by atoms with Gasteiger partial charge in [-0.3, -0.25) is 4.79 Å². The molecule has 2 aromatic rings. The number of carbonyl (C=O) groups excluding carboxylic acids is 1. The minimum atomic E-state index is 0.278. The Morgan fingerprint density at radius 2 is 2.06 bits per heavy atom. The molecule has 1 aromatic carbocycles. The number of nitrogens with zero attached hydrogens (tertiary/aromatic N) is 2. The molecule has 1 unspecified atom stereocenters. The second-order valence-corrected chi connectivity index (χ2v) is 5.18. The predicted molar refractivity (Wildman–Crippen MR) is 72.4 cm³/mol. The Labute approximate surface area is 107 Å². The van der Waals surface area contributed by atoms with E-state index in [9.17, 15) is 4.79 Å². The molecule has 0 N–H and O–H groups in total. The molecule has 94 valence electrons. The number of hydrogen-bond donors (Lipinski definition) is 0. The molecule has 0 saturated carbocycles. The second-order valence-electron chi connectivity index (χ2n) is 5.18. The highest BCUT2D eigenvalue weighted by atomic mass is 16.2. The maximum Gasteiger partial charge on any atom is 0.222 e. The van der Waals surface area contributed by atoms with Crippen molar-refractivity contribution in [3.05, 3.63) is 36.0 Å². The summed E-state index contributed by atoms with van der Waals surface area (Å²) in [7, 11) is 4.00. The van der Waals surface area contributed by atoms with E-state index in [-0.39, 0.29) is 5.91 Å². The zero-order chi connectivity index (χ0) is 12.7. The van der Waals surface area contributed by atoms with E-state index in [4.69, 9.17) is 0 Å². The van der Waals surface area contributed by atoms with Gasteiger partial charge in [0.05, 0.1) is 0 Å². The Balaban J connectivity index is 1.94. The number of likely N-dealkylation sites (N-methyl/N-ethyl adjacent to an activating group) is 1. The molecular weight excluding hydrogens is 224 g/mol. The second kappa shape index (κ2) is 4.16. The van der Waals surface area contributed by atoms with E-state index in [0.717, 1.165) is 12.8 Å². The largest absolute Gasteiger partial charge is 0.350 e. The van der Waals surface area contributed by atoms with Gasteiger partial charge in [0.25, 0.3) is 0 Å². The van der Waals surface area contributed by atoms with Gasteiger partial charge in [-0.25, -0.2) is 0 Å². The number of aryl methyl sites for hydroxylation is 1. The molecule has 2 heterocycles. The molecule has 3 rings (SSSR count). The highest BCUT2D eigenvalue weighted by Crippen LogP contribution is 2.26. The number of hydrogen-bond acceptors (Lipinski definition) is 1. The third-order valence-electron chi connectivity index (χ3n) is 4.07. The van der Waals surface area contributed by atoms with Crippen molar-refractivity contribution in [2.24, 2.45) is 7.05 Å². The predicted octanol–water partition coefficient (Wildman–Crippen LogP) is 2.34. The third-order valence-corrected chi connectivity index (χ3v) is 4.07. The summed E-state index contributed by atoms with van der Waals surface area (Å²) in [4.78, 5) is 13.5. The maximum atomic E-state index is 11.6. The lowest BCUT2D eigenvalue weighted by Gasteiger charge is -2.19. The SMILES string of the molecule is CN1C(=O)CCC1Cc1cn(C)c2ccccc12. The van der Waals surface area contributed by atoms with Crippen LogP contribution in [0.2, 0.25) is 0 Å². The Hall–Kier alpha value is -1.77. The molecule has 1 aliphatic rings. The highest BCUT2D eigenvalue weighted by molar-refractivity contribution is 5.84. The average Bonchev–Trinajstić information content (AvgIpc) is 2.86. The lowest BCUT2D eigenvalue weighted by molar-refractivity contribution is -0.127. The van der Waals surface area contributed by atoms with Gasteiger partial charge in [0.15, 0.2) is 0 Å². The van der Waals surface area contributed by atoms with E-state index in [2.05, 4.69) is 42.1 Å². The molecule has 1 atom stereocenters. The lowest BCUT2D eigenvalue weighted by atomic mass is 10.0. The van der Waals surface area contributed by atoms with E-state index in [1.165, 1.54) is 16.5 Å². The number of aromatic nitrogens is 1. The zero-order valence-electron chi connectivity index (χ0n) is 10.9. The van der Waals surface area contributed by atoms with Gasteiger partial charge in [-0.2, -0.15) is 0 Å². The van der Waals surface area contributed by atoms with Crippen molar-refractivity contribution < 1.29 is 4.79 Å². The summed E-state index contributed by atoms with van der Waals surface area (Å²) in [5.41, 5.74) is 2.61. The summed E-state index contributed by atoms with van der Waals surface area (Å²) in [5.74, 6) is 0.278. The zero-order valence-corrected chi connectivity index (χ0v) is 10.9. The van der Waals surface area contributed by atoms with E-state index in [1.54, 1.807) is 0 Å². The molecular formula is C15H18N2O. The quantitative estimate of drug-likeness (QED) is 0.793. The van der Waals surface area contributed by atoms with E-state index in [1.807, 2.05) is 11.9 Å². The van der Waals surface area contributed by atoms with Crippen LogP contribution in [-0.4, -0.2) is 28.5 Å².